The average Bonchev–Trinajstić information content (AvgIpc) is 2.29. The molecule has 0 saturated carbocycles. The molecule has 0 aliphatic carbocycles. The first-order valence-corrected chi connectivity index (χ1v) is 5.23. The molecule has 0 atom stereocenters. The maximum Gasteiger partial charge on any atom is 0.121 e. The van der Waals surface area contributed by atoms with Crippen LogP contribution in [0.5, 0.6) is 0 Å². The zero-order chi connectivity index (χ0) is 10.9. The third-order valence-corrected chi connectivity index (χ3v) is 2.71. The zero-order valence-corrected chi connectivity index (χ0v) is 9.78. The smallest absolute Gasteiger partial charge is 0.121 e. The minimum Gasteiger partial charge on any atom is -0.384 e. The van der Waals surface area contributed by atoms with E-state index >= 15 is 0 Å². The normalized spacial score (nSPS) is 12.0. The molecule has 80 valence electrons. The Labute approximate surface area is 86.3 Å². The summed E-state index contributed by atoms with van der Waals surface area (Å²) in [5, 5.41) is 4.44. The van der Waals surface area contributed by atoms with Gasteiger partial charge in [-0.3, -0.25) is 4.68 Å². The van der Waals surface area contributed by atoms with Gasteiger partial charge in [-0.2, -0.15) is 5.10 Å². The van der Waals surface area contributed by atoms with E-state index in [-0.39, 0.29) is 0 Å². The summed E-state index contributed by atoms with van der Waals surface area (Å²) >= 11 is 0. The first-order valence-electron chi connectivity index (χ1n) is 5.23. The molecule has 0 radical (unpaired) electrons. The molecule has 1 rings (SSSR count). The summed E-state index contributed by atoms with van der Waals surface area (Å²) < 4.78 is 1.74. The van der Waals surface area contributed by atoms with Gasteiger partial charge in [-0.1, -0.05) is 27.7 Å². The molecule has 14 heavy (non-hydrogen) atoms. The summed E-state index contributed by atoms with van der Waals surface area (Å²) in [4.78, 5) is 0. The highest BCUT2D eigenvalue weighted by Gasteiger charge is 2.22. The molecule has 3 heteroatoms. The molecule has 3 nitrogen and oxygen atoms in total. The largest absolute Gasteiger partial charge is 0.384 e. The Kier molecular flexibility index (Phi) is 3.19. The predicted octanol–water partition coefficient (Wildman–Crippen LogP) is 2.40. The summed E-state index contributed by atoms with van der Waals surface area (Å²) in [6.45, 7) is 8.93. The molecule has 1 aromatic heterocycles. The molecule has 0 aliphatic rings. The second-order valence-corrected chi connectivity index (χ2v) is 4.63. The van der Waals surface area contributed by atoms with Crippen LogP contribution >= 0.6 is 0 Å². The number of hydrogen-bond acceptors (Lipinski definition) is 2. The van der Waals surface area contributed by atoms with Gasteiger partial charge in [-0.25, -0.2) is 0 Å². The number of aromatic nitrogens is 2. The second-order valence-electron chi connectivity index (χ2n) is 4.63. The van der Waals surface area contributed by atoms with Crippen molar-refractivity contribution in [2.24, 2.45) is 18.9 Å². The van der Waals surface area contributed by atoms with Crippen LogP contribution in [0.15, 0.2) is 6.07 Å². The number of anilines is 1. The lowest BCUT2D eigenvalue weighted by atomic mass is 9.83. The van der Waals surface area contributed by atoms with Crippen LogP contribution in [0.3, 0.4) is 0 Å². The Morgan fingerprint density at radius 2 is 1.71 bits per heavy atom. The number of nitrogens with zero attached hydrogens (tertiary/aromatic N) is 2. The standard InChI is InChI=1S/C11H21N3/c1-7(2)11(8(3)4)9-6-10(12)14(5)13-9/h6-8,11H,12H2,1-5H3. The Balaban J connectivity index is 2.99. The number of aryl methyl sites for hydroxylation is 1. The van der Waals surface area contributed by atoms with Crippen molar-refractivity contribution < 1.29 is 0 Å². The number of nitrogen functional groups attached to an aromatic ring is 1. The molecular weight excluding hydrogens is 174 g/mol. The third-order valence-electron chi connectivity index (χ3n) is 2.71. The second kappa shape index (κ2) is 4.03. The van der Waals surface area contributed by atoms with Crippen molar-refractivity contribution in [3.63, 3.8) is 0 Å². The van der Waals surface area contributed by atoms with Gasteiger partial charge in [-0.15, -0.1) is 0 Å². The SMILES string of the molecule is CC(C)C(c1cc(N)n(C)n1)C(C)C. The van der Waals surface area contributed by atoms with Gasteiger partial charge in [0.2, 0.25) is 0 Å². The van der Waals surface area contributed by atoms with Crippen molar-refractivity contribution in [2.75, 3.05) is 5.73 Å². The number of rotatable bonds is 3. The van der Waals surface area contributed by atoms with E-state index in [1.54, 1.807) is 4.68 Å². The Morgan fingerprint density at radius 3 is 2.00 bits per heavy atom. The van der Waals surface area contributed by atoms with Crippen molar-refractivity contribution in [1.82, 2.24) is 9.78 Å². The van der Waals surface area contributed by atoms with E-state index in [9.17, 15) is 0 Å². The van der Waals surface area contributed by atoms with E-state index in [4.69, 9.17) is 5.73 Å². The van der Waals surface area contributed by atoms with Crippen LogP contribution < -0.4 is 5.73 Å². The van der Waals surface area contributed by atoms with E-state index in [0.717, 1.165) is 11.5 Å². The van der Waals surface area contributed by atoms with E-state index in [2.05, 4.69) is 32.8 Å². The summed E-state index contributed by atoms with van der Waals surface area (Å²) in [7, 11) is 1.89. The van der Waals surface area contributed by atoms with Crippen LogP contribution in [-0.4, -0.2) is 9.78 Å². The van der Waals surface area contributed by atoms with Gasteiger partial charge in [0.1, 0.15) is 5.82 Å². The summed E-state index contributed by atoms with van der Waals surface area (Å²) in [5.41, 5.74) is 6.90. The fraction of sp³-hybridized carbons (Fsp3) is 0.727. The molecule has 0 fully saturated rings. The van der Waals surface area contributed by atoms with E-state index in [1.807, 2.05) is 13.1 Å². The summed E-state index contributed by atoms with van der Waals surface area (Å²) in [5.74, 6) is 2.44. The molecule has 0 spiro atoms. The first-order chi connectivity index (χ1) is 6.43. The quantitative estimate of drug-likeness (QED) is 0.804. The van der Waals surface area contributed by atoms with Crippen molar-refractivity contribution in [3.8, 4) is 0 Å². The zero-order valence-electron chi connectivity index (χ0n) is 9.78. The van der Waals surface area contributed by atoms with Crippen LogP contribution in [-0.2, 0) is 7.05 Å². The van der Waals surface area contributed by atoms with Crippen LogP contribution in [0.2, 0.25) is 0 Å². The van der Waals surface area contributed by atoms with Gasteiger partial charge >= 0.3 is 0 Å². The average molecular weight is 195 g/mol. The van der Waals surface area contributed by atoms with Gasteiger partial charge in [-0.05, 0) is 11.8 Å². The summed E-state index contributed by atoms with van der Waals surface area (Å²) in [6.07, 6.45) is 0. The minimum atomic E-state index is 0.499. The van der Waals surface area contributed by atoms with Crippen molar-refractivity contribution in [3.05, 3.63) is 11.8 Å². The monoisotopic (exact) mass is 195 g/mol. The fourth-order valence-electron chi connectivity index (χ4n) is 2.12. The lowest BCUT2D eigenvalue weighted by molar-refractivity contribution is 0.377. The van der Waals surface area contributed by atoms with E-state index in [0.29, 0.717) is 17.8 Å². The van der Waals surface area contributed by atoms with Gasteiger partial charge < -0.3 is 5.73 Å². The highest BCUT2D eigenvalue weighted by atomic mass is 15.3. The van der Waals surface area contributed by atoms with Crippen molar-refractivity contribution >= 4 is 5.82 Å². The predicted molar refractivity (Wildman–Crippen MR) is 60.0 cm³/mol. The molecule has 0 saturated heterocycles. The van der Waals surface area contributed by atoms with E-state index in [1.165, 1.54) is 0 Å². The van der Waals surface area contributed by atoms with Gasteiger partial charge in [0.25, 0.3) is 0 Å². The first kappa shape index (κ1) is 11.1. The number of nitrogens with two attached hydrogens (primary N) is 1. The van der Waals surface area contributed by atoms with Crippen LogP contribution in [0.4, 0.5) is 5.82 Å². The molecule has 0 aromatic carbocycles. The molecule has 0 unspecified atom stereocenters. The lowest BCUT2D eigenvalue weighted by Crippen LogP contribution is -2.14. The van der Waals surface area contributed by atoms with Gasteiger partial charge in [0.05, 0.1) is 5.69 Å². The van der Waals surface area contributed by atoms with Crippen molar-refractivity contribution in [2.45, 2.75) is 33.6 Å². The van der Waals surface area contributed by atoms with E-state index < -0.39 is 0 Å². The number of hydrogen-bond donors (Lipinski definition) is 1. The van der Waals surface area contributed by atoms with Crippen LogP contribution in [0.1, 0.15) is 39.3 Å². The fourth-order valence-corrected chi connectivity index (χ4v) is 2.12. The molecule has 0 amide bonds. The molecule has 0 bridgehead atoms. The van der Waals surface area contributed by atoms with Crippen LogP contribution in [0.25, 0.3) is 0 Å². The molecule has 1 aromatic rings. The minimum absolute atomic E-state index is 0.499. The maximum atomic E-state index is 5.78. The molecular formula is C11H21N3. The Hall–Kier alpha value is -0.990. The Bertz CT molecular complexity index is 272. The highest BCUT2D eigenvalue weighted by molar-refractivity contribution is 5.32. The topological polar surface area (TPSA) is 43.8 Å². The molecule has 2 N–H and O–H groups in total. The maximum absolute atomic E-state index is 5.78. The van der Waals surface area contributed by atoms with Crippen LogP contribution in [0, 0.1) is 11.8 Å². The Morgan fingerprint density at radius 1 is 1.21 bits per heavy atom. The third kappa shape index (κ3) is 2.08. The van der Waals surface area contributed by atoms with Gasteiger partial charge in [0.15, 0.2) is 0 Å². The molecule has 1 heterocycles. The van der Waals surface area contributed by atoms with Gasteiger partial charge in [0, 0.05) is 19.0 Å². The summed E-state index contributed by atoms with van der Waals surface area (Å²) in [6, 6.07) is 1.99. The lowest BCUT2D eigenvalue weighted by Gasteiger charge is -2.22. The molecule has 0 aliphatic heterocycles. The van der Waals surface area contributed by atoms with Crippen molar-refractivity contribution in [1.29, 1.82) is 0 Å². The highest BCUT2D eigenvalue weighted by Crippen LogP contribution is 2.31.